The largest absolute Gasteiger partial charge is 0.317 e. The molecule has 38 heavy (non-hydrogen) atoms. The van der Waals surface area contributed by atoms with Gasteiger partial charge >= 0.3 is 0 Å². The van der Waals surface area contributed by atoms with Crippen molar-refractivity contribution in [3.63, 3.8) is 0 Å². The van der Waals surface area contributed by atoms with E-state index in [4.69, 9.17) is 10.1 Å². The van der Waals surface area contributed by atoms with Crippen molar-refractivity contribution in [3.05, 3.63) is 89.1 Å². The van der Waals surface area contributed by atoms with Gasteiger partial charge in [0.15, 0.2) is 5.82 Å². The van der Waals surface area contributed by atoms with Gasteiger partial charge in [0, 0.05) is 35.0 Å². The highest BCUT2D eigenvalue weighted by molar-refractivity contribution is 6.00. The maximum absolute atomic E-state index is 14.6. The summed E-state index contributed by atoms with van der Waals surface area (Å²) in [5, 5.41) is 8.23. The average Bonchev–Trinajstić information content (AvgIpc) is 3.54. The van der Waals surface area contributed by atoms with Crippen LogP contribution in [0.4, 0.5) is 10.2 Å². The Balaban J connectivity index is 1.23. The molecule has 0 saturated carbocycles. The summed E-state index contributed by atoms with van der Waals surface area (Å²) in [5.41, 5.74) is 5.16. The molecule has 0 spiro atoms. The van der Waals surface area contributed by atoms with E-state index in [1.165, 1.54) is 6.07 Å². The highest BCUT2D eigenvalue weighted by Gasteiger charge is 2.30. The van der Waals surface area contributed by atoms with Crippen molar-refractivity contribution in [2.75, 3.05) is 18.0 Å². The summed E-state index contributed by atoms with van der Waals surface area (Å²) in [6, 6.07) is 15.2. The van der Waals surface area contributed by atoms with Crippen molar-refractivity contribution < 1.29 is 9.18 Å². The van der Waals surface area contributed by atoms with Crippen LogP contribution in [-0.4, -0.2) is 38.7 Å². The first-order valence-corrected chi connectivity index (χ1v) is 13.3. The van der Waals surface area contributed by atoms with E-state index in [1.54, 1.807) is 17.2 Å². The Labute approximate surface area is 221 Å². The molecule has 4 aromatic rings. The van der Waals surface area contributed by atoms with Crippen LogP contribution in [0.5, 0.6) is 0 Å². The molecule has 1 saturated heterocycles. The molecule has 0 bridgehead atoms. The highest BCUT2D eigenvalue weighted by atomic mass is 19.1. The standard InChI is InChI=1S/C30H31FN6O/c1-19(2)28-24(4-3-5-25(28)31)29-33-17-22-16-27(38)36(30(22)34-29)18-20-6-8-23(9-7-20)37-15-12-26(35-37)21-10-13-32-14-11-21/h3-9,12,15,17,19,21,32H,10-11,13-14,16,18H2,1-2H3. The van der Waals surface area contributed by atoms with E-state index in [-0.39, 0.29) is 24.1 Å². The van der Waals surface area contributed by atoms with Crippen molar-refractivity contribution in [3.8, 4) is 17.1 Å². The lowest BCUT2D eigenvalue weighted by atomic mass is 9.95. The normalized spacial score (nSPS) is 15.9. The molecule has 8 heteroatoms. The van der Waals surface area contributed by atoms with E-state index in [1.807, 2.05) is 55.1 Å². The summed E-state index contributed by atoms with van der Waals surface area (Å²) in [6.45, 7) is 6.39. The van der Waals surface area contributed by atoms with Gasteiger partial charge in [-0.15, -0.1) is 0 Å². The Morgan fingerprint density at radius 3 is 2.63 bits per heavy atom. The van der Waals surface area contributed by atoms with Gasteiger partial charge < -0.3 is 5.32 Å². The van der Waals surface area contributed by atoms with Gasteiger partial charge in [-0.05, 0) is 61.7 Å². The maximum Gasteiger partial charge on any atom is 0.233 e. The minimum atomic E-state index is -0.269. The van der Waals surface area contributed by atoms with Crippen LogP contribution in [0.3, 0.4) is 0 Å². The van der Waals surface area contributed by atoms with E-state index in [0.717, 1.165) is 48.4 Å². The van der Waals surface area contributed by atoms with Crippen molar-refractivity contribution in [2.45, 2.75) is 51.5 Å². The number of hydrogen-bond donors (Lipinski definition) is 1. The second-order valence-electron chi connectivity index (χ2n) is 10.4. The predicted octanol–water partition coefficient (Wildman–Crippen LogP) is 5.15. The highest BCUT2D eigenvalue weighted by Crippen LogP contribution is 2.34. The van der Waals surface area contributed by atoms with E-state index in [9.17, 15) is 9.18 Å². The zero-order valence-electron chi connectivity index (χ0n) is 21.7. The molecule has 7 nitrogen and oxygen atoms in total. The van der Waals surface area contributed by atoms with Crippen LogP contribution in [-0.2, 0) is 17.8 Å². The molecule has 6 rings (SSSR count). The molecule has 2 aromatic carbocycles. The first-order chi connectivity index (χ1) is 18.5. The van der Waals surface area contributed by atoms with E-state index < -0.39 is 0 Å². The molecule has 0 radical (unpaired) electrons. The lowest BCUT2D eigenvalue weighted by molar-refractivity contribution is -0.117. The molecular formula is C30H31FN6O. The Morgan fingerprint density at radius 1 is 1.08 bits per heavy atom. The maximum atomic E-state index is 14.6. The second kappa shape index (κ2) is 10.1. The van der Waals surface area contributed by atoms with Crippen LogP contribution in [0.15, 0.2) is 60.9 Å². The summed E-state index contributed by atoms with van der Waals surface area (Å²) in [4.78, 5) is 23.9. The Hall–Kier alpha value is -3.91. The van der Waals surface area contributed by atoms with Gasteiger partial charge in [-0.3, -0.25) is 9.69 Å². The van der Waals surface area contributed by atoms with Crippen molar-refractivity contribution in [1.82, 2.24) is 25.1 Å². The topological polar surface area (TPSA) is 75.9 Å². The van der Waals surface area contributed by atoms with E-state index >= 15 is 0 Å². The Bertz CT molecular complexity index is 1470. The van der Waals surface area contributed by atoms with Crippen LogP contribution in [0.2, 0.25) is 0 Å². The van der Waals surface area contributed by atoms with Crippen LogP contribution in [0.1, 0.15) is 60.9 Å². The third kappa shape index (κ3) is 4.60. The van der Waals surface area contributed by atoms with E-state index in [0.29, 0.717) is 35.2 Å². The summed E-state index contributed by atoms with van der Waals surface area (Å²) in [6.07, 6.45) is 6.21. The quantitative estimate of drug-likeness (QED) is 0.388. The van der Waals surface area contributed by atoms with Crippen LogP contribution in [0.25, 0.3) is 17.1 Å². The van der Waals surface area contributed by atoms with Crippen molar-refractivity contribution in [1.29, 1.82) is 0 Å². The number of piperidine rings is 1. The summed E-state index contributed by atoms with van der Waals surface area (Å²) >= 11 is 0. The molecule has 0 unspecified atom stereocenters. The van der Waals surface area contributed by atoms with Gasteiger partial charge in [-0.1, -0.05) is 38.1 Å². The number of hydrogen-bond acceptors (Lipinski definition) is 5. The first-order valence-electron chi connectivity index (χ1n) is 13.3. The monoisotopic (exact) mass is 510 g/mol. The van der Waals surface area contributed by atoms with Crippen molar-refractivity contribution >= 4 is 11.7 Å². The number of carbonyl (C=O) groups is 1. The number of aromatic nitrogens is 4. The number of halogens is 1. The zero-order valence-corrected chi connectivity index (χ0v) is 21.7. The van der Waals surface area contributed by atoms with Gasteiger partial charge in [0.25, 0.3) is 0 Å². The molecule has 1 fully saturated rings. The number of amides is 1. The minimum Gasteiger partial charge on any atom is -0.317 e. The number of rotatable bonds is 6. The van der Waals surface area contributed by atoms with Crippen LogP contribution < -0.4 is 10.2 Å². The number of fused-ring (bicyclic) bond motifs is 1. The molecule has 4 heterocycles. The zero-order chi connectivity index (χ0) is 26.2. The molecule has 0 atom stereocenters. The fourth-order valence-electron chi connectivity index (χ4n) is 5.50. The molecular weight excluding hydrogens is 479 g/mol. The van der Waals surface area contributed by atoms with Gasteiger partial charge in [-0.25, -0.2) is 19.0 Å². The van der Waals surface area contributed by atoms with Gasteiger partial charge in [0.2, 0.25) is 5.91 Å². The summed E-state index contributed by atoms with van der Waals surface area (Å²) < 4.78 is 16.5. The lowest BCUT2D eigenvalue weighted by Gasteiger charge is -2.20. The molecule has 2 aliphatic heterocycles. The molecule has 0 aliphatic carbocycles. The van der Waals surface area contributed by atoms with Crippen LogP contribution >= 0.6 is 0 Å². The molecule has 2 aliphatic rings. The SMILES string of the molecule is CC(C)c1c(F)cccc1-c1ncc2c(n1)N(Cc1ccc(-n3ccc(C4CCNCC4)n3)cc1)C(=O)C2. The smallest absolute Gasteiger partial charge is 0.233 e. The molecule has 1 amide bonds. The second-order valence-corrected chi connectivity index (χ2v) is 10.4. The first kappa shape index (κ1) is 24.4. The average molecular weight is 511 g/mol. The Kier molecular flexibility index (Phi) is 6.49. The number of benzene rings is 2. The third-order valence-electron chi connectivity index (χ3n) is 7.52. The third-order valence-corrected chi connectivity index (χ3v) is 7.52. The predicted molar refractivity (Wildman–Crippen MR) is 145 cm³/mol. The fraction of sp³-hybridized carbons (Fsp3) is 0.333. The van der Waals surface area contributed by atoms with Crippen molar-refractivity contribution in [2.24, 2.45) is 0 Å². The summed E-state index contributed by atoms with van der Waals surface area (Å²) in [5.74, 6) is 1.23. The minimum absolute atomic E-state index is 0.0162. The van der Waals surface area contributed by atoms with Gasteiger partial charge in [0.05, 0.1) is 24.3 Å². The number of anilines is 1. The Morgan fingerprint density at radius 2 is 1.87 bits per heavy atom. The molecule has 1 N–H and O–H groups in total. The van der Waals surface area contributed by atoms with Gasteiger partial charge in [0.1, 0.15) is 11.6 Å². The lowest BCUT2D eigenvalue weighted by Crippen LogP contribution is -2.27. The number of nitrogens with zero attached hydrogens (tertiary/aromatic N) is 5. The fourth-order valence-corrected chi connectivity index (χ4v) is 5.50. The van der Waals surface area contributed by atoms with Gasteiger partial charge in [-0.2, -0.15) is 5.10 Å². The van der Waals surface area contributed by atoms with E-state index in [2.05, 4.69) is 16.4 Å². The van der Waals surface area contributed by atoms with Crippen LogP contribution in [0, 0.1) is 5.82 Å². The summed E-state index contributed by atoms with van der Waals surface area (Å²) in [7, 11) is 0. The number of nitrogens with one attached hydrogen (secondary N) is 1. The molecule has 2 aromatic heterocycles. The number of carbonyl (C=O) groups excluding carboxylic acids is 1. The molecule has 194 valence electrons.